The van der Waals surface area contributed by atoms with Crippen LogP contribution in [-0.4, -0.2) is 44.8 Å². The van der Waals surface area contributed by atoms with E-state index in [1.807, 2.05) is 18.2 Å². The number of rotatable bonds is 15. The van der Waals surface area contributed by atoms with Crippen molar-refractivity contribution >= 4 is 17.9 Å². The number of hydrogen-bond acceptors (Lipinski definition) is 8. The first kappa shape index (κ1) is 32.2. The van der Waals surface area contributed by atoms with Gasteiger partial charge in [-0.2, -0.15) is 0 Å². The van der Waals surface area contributed by atoms with Gasteiger partial charge in [-0.3, -0.25) is 0 Å². The van der Waals surface area contributed by atoms with Crippen molar-refractivity contribution in [3.05, 3.63) is 107 Å². The maximum absolute atomic E-state index is 12.9. The standard InChI is InChI=1S/C36H38O8/c1-6-41-36(39)29-14-11-26(19-23(29)2)35(38)44-28-13-16-31-30-15-12-27(20-32(30)25(4)33(31)21-28)42-17-9-7-8-10-18-43-34(37)24(3)22-40-5/h6,11-16,19-21,25H,1,3,7-10,17-18,22H2,2,4-5H3. The summed E-state index contributed by atoms with van der Waals surface area (Å²) in [6.45, 7) is 12.0. The second-order valence-electron chi connectivity index (χ2n) is 10.6. The molecule has 0 saturated heterocycles. The van der Waals surface area contributed by atoms with E-state index in [9.17, 15) is 14.4 Å². The van der Waals surface area contributed by atoms with Gasteiger partial charge >= 0.3 is 17.9 Å². The lowest BCUT2D eigenvalue weighted by molar-refractivity contribution is -0.139. The van der Waals surface area contributed by atoms with Crippen LogP contribution in [-0.2, 0) is 19.0 Å². The van der Waals surface area contributed by atoms with Gasteiger partial charge in [-0.05, 0) is 103 Å². The van der Waals surface area contributed by atoms with E-state index in [1.165, 1.54) is 7.11 Å². The molecule has 230 valence electrons. The summed E-state index contributed by atoms with van der Waals surface area (Å²) in [4.78, 5) is 36.6. The van der Waals surface area contributed by atoms with Crippen molar-refractivity contribution in [2.45, 2.75) is 45.4 Å². The summed E-state index contributed by atoms with van der Waals surface area (Å²) in [7, 11) is 1.51. The first-order chi connectivity index (χ1) is 21.2. The lowest BCUT2D eigenvalue weighted by atomic mass is 9.99. The third-order valence-electron chi connectivity index (χ3n) is 7.50. The predicted octanol–water partition coefficient (Wildman–Crippen LogP) is 7.33. The van der Waals surface area contributed by atoms with Crippen molar-refractivity contribution < 1.29 is 38.1 Å². The zero-order valence-electron chi connectivity index (χ0n) is 25.5. The molecule has 8 nitrogen and oxygen atoms in total. The molecule has 0 aromatic heterocycles. The van der Waals surface area contributed by atoms with Crippen LogP contribution in [0.4, 0.5) is 0 Å². The fourth-order valence-corrected chi connectivity index (χ4v) is 5.18. The van der Waals surface area contributed by atoms with Crippen molar-refractivity contribution in [1.29, 1.82) is 0 Å². The molecule has 1 atom stereocenters. The molecule has 0 saturated carbocycles. The Labute approximate surface area is 258 Å². The van der Waals surface area contributed by atoms with Gasteiger partial charge in [0.1, 0.15) is 11.5 Å². The summed E-state index contributed by atoms with van der Waals surface area (Å²) in [5.74, 6) is -0.0841. The summed E-state index contributed by atoms with van der Waals surface area (Å²) in [5.41, 5.74) is 6.10. The highest BCUT2D eigenvalue weighted by molar-refractivity contribution is 5.95. The molecule has 3 aromatic rings. The molecule has 3 aromatic carbocycles. The number of ether oxygens (including phenoxy) is 5. The molecule has 8 heteroatoms. The SMILES string of the molecule is C=COC(=O)c1ccc(C(=O)Oc2ccc3c(c2)C(C)c2cc(OCCCCCCOC(=O)C(=C)COC)ccc2-3)cc1C. The van der Waals surface area contributed by atoms with Crippen molar-refractivity contribution in [2.75, 3.05) is 26.9 Å². The molecule has 0 radical (unpaired) electrons. The van der Waals surface area contributed by atoms with E-state index < -0.39 is 17.9 Å². The van der Waals surface area contributed by atoms with Crippen molar-refractivity contribution in [3.8, 4) is 22.6 Å². The Morgan fingerprint density at radius 2 is 1.50 bits per heavy atom. The molecular formula is C36H38O8. The Balaban J connectivity index is 1.27. The fourth-order valence-electron chi connectivity index (χ4n) is 5.18. The predicted molar refractivity (Wildman–Crippen MR) is 167 cm³/mol. The van der Waals surface area contributed by atoms with E-state index in [1.54, 1.807) is 31.2 Å². The van der Waals surface area contributed by atoms with Gasteiger partial charge < -0.3 is 23.7 Å². The summed E-state index contributed by atoms with van der Waals surface area (Å²) >= 11 is 0. The Bertz CT molecular complexity index is 1550. The molecule has 1 aliphatic carbocycles. The Hall–Kier alpha value is -4.69. The van der Waals surface area contributed by atoms with Crippen LogP contribution in [0.2, 0.25) is 0 Å². The molecule has 1 aliphatic rings. The number of esters is 3. The second-order valence-corrected chi connectivity index (χ2v) is 10.6. The van der Waals surface area contributed by atoms with E-state index in [0.29, 0.717) is 41.2 Å². The molecule has 0 bridgehead atoms. The summed E-state index contributed by atoms with van der Waals surface area (Å²) in [5, 5.41) is 0. The van der Waals surface area contributed by atoms with E-state index >= 15 is 0 Å². The van der Waals surface area contributed by atoms with E-state index in [4.69, 9.17) is 23.7 Å². The summed E-state index contributed by atoms with van der Waals surface area (Å²) in [6, 6.07) is 16.5. The van der Waals surface area contributed by atoms with Crippen molar-refractivity contribution in [3.63, 3.8) is 0 Å². The third kappa shape index (κ3) is 7.82. The van der Waals surface area contributed by atoms with Crippen LogP contribution in [0.5, 0.6) is 11.5 Å². The van der Waals surface area contributed by atoms with Crippen LogP contribution >= 0.6 is 0 Å². The fraction of sp³-hybridized carbons (Fsp3) is 0.306. The first-order valence-corrected chi connectivity index (χ1v) is 14.6. The van der Waals surface area contributed by atoms with Crippen molar-refractivity contribution in [2.24, 2.45) is 0 Å². The van der Waals surface area contributed by atoms with Crippen LogP contribution < -0.4 is 9.47 Å². The van der Waals surface area contributed by atoms with Gasteiger partial charge in [-0.1, -0.05) is 32.2 Å². The van der Waals surface area contributed by atoms with E-state index in [0.717, 1.165) is 59.9 Å². The highest BCUT2D eigenvalue weighted by atomic mass is 16.5. The molecule has 0 heterocycles. The quantitative estimate of drug-likeness (QED) is 0.0590. The minimum atomic E-state index is -0.531. The smallest absolute Gasteiger partial charge is 0.343 e. The second kappa shape index (κ2) is 15.2. The summed E-state index contributed by atoms with van der Waals surface area (Å²) in [6.07, 6.45) is 4.66. The number of aryl methyl sites for hydroxylation is 1. The zero-order valence-corrected chi connectivity index (χ0v) is 25.5. The number of unbranched alkanes of at least 4 members (excludes halogenated alkanes) is 3. The zero-order chi connectivity index (χ0) is 31.6. The van der Waals surface area contributed by atoms with Gasteiger partial charge in [0.05, 0.1) is 42.8 Å². The largest absolute Gasteiger partial charge is 0.494 e. The topological polar surface area (TPSA) is 97.4 Å². The van der Waals surface area contributed by atoms with Crippen LogP contribution in [0.25, 0.3) is 11.1 Å². The molecular weight excluding hydrogens is 560 g/mol. The minimum absolute atomic E-state index is 0.0993. The van der Waals surface area contributed by atoms with Crippen LogP contribution in [0.3, 0.4) is 0 Å². The maximum Gasteiger partial charge on any atom is 0.343 e. The lowest BCUT2D eigenvalue weighted by Crippen LogP contribution is -2.11. The van der Waals surface area contributed by atoms with E-state index in [2.05, 4.69) is 32.2 Å². The highest BCUT2D eigenvalue weighted by Crippen LogP contribution is 2.47. The molecule has 4 rings (SSSR count). The molecule has 0 amide bonds. The molecule has 0 spiro atoms. The Morgan fingerprint density at radius 1 is 0.841 bits per heavy atom. The number of hydrogen-bond donors (Lipinski definition) is 0. The monoisotopic (exact) mass is 598 g/mol. The molecule has 0 N–H and O–H groups in total. The average molecular weight is 599 g/mol. The number of methoxy groups -OCH3 is 1. The Morgan fingerprint density at radius 3 is 2.16 bits per heavy atom. The number of benzene rings is 3. The van der Waals surface area contributed by atoms with Crippen LogP contribution in [0.15, 0.2) is 79.6 Å². The van der Waals surface area contributed by atoms with Gasteiger partial charge in [-0.25, -0.2) is 14.4 Å². The van der Waals surface area contributed by atoms with Gasteiger partial charge in [0, 0.05) is 13.0 Å². The summed E-state index contributed by atoms with van der Waals surface area (Å²) < 4.78 is 26.6. The maximum atomic E-state index is 12.9. The number of carbonyl (C=O) groups is 3. The van der Waals surface area contributed by atoms with Crippen LogP contribution in [0.1, 0.15) is 75.9 Å². The van der Waals surface area contributed by atoms with Gasteiger partial charge in [0.25, 0.3) is 0 Å². The molecule has 0 aliphatic heterocycles. The van der Waals surface area contributed by atoms with Gasteiger partial charge in [0.15, 0.2) is 0 Å². The molecule has 1 unspecified atom stereocenters. The average Bonchev–Trinajstić information content (AvgIpc) is 3.28. The third-order valence-corrected chi connectivity index (χ3v) is 7.50. The number of fused-ring (bicyclic) bond motifs is 3. The number of carbonyl (C=O) groups excluding carboxylic acids is 3. The highest BCUT2D eigenvalue weighted by Gasteiger charge is 2.27. The minimum Gasteiger partial charge on any atom is -0.494 e. The van der Waals surface area contributed by atoms with Crippen LogP contribution in [0, 0.1) is 6.92 Å². The lowest BCUT2D eigenvalue weighted by Gasteiger charge is -2.11. The van der Waals surface area contributed by atoms with E-state index in [-0.39, 0.29) is 12.5 Å². The van der Waals surface area contributed by atoms with Crippen molar-refractivity contribution in [1.82, 2.24) is 0 Å². The van der Waals surface area contributed by atoms with Gasteiger partial charge in [-0.15, -0.1) is 0 Å². The van der Waals surface area contributed by atoms with Gasteiger partial charge in [0.2, 0.25) is 0 Å². The first-order valence-electron chi connectivity index (χ1n) is 14.6. The molecule has 0 fully saturated rings. The normalized spacial score (nSPS) is 12.9. The Kier molecular flexibility index (Phi) is 11.1. The molecule has 44 heavy (non-hydrogen) atoms.